The number of nitrogens with zero attached hydrogens (tertiary/aromatic N) is 3. The average molecular weight is 600 g/mol. The molecule has 1 aromatic carbocycles. The Balaban J connectivity index is 0.000000681. The Hall–Kier alpha value is -2.62. The van der Waals surface area contributed by atoms with Gasteiger partial charge in [-0.3, -0.25) is 9.11 Å². The number of benzene rings is 1. The SMILES string of the molecule is CCOCc1cc(OC)c(-c2csc3c(N(CC4CC4)C4CCCOC4)c(OC)nn23)c(OC)c1.O=S(=O)(O)O. The zero-order valence-corrected chi connectivity index (χ0v) is 24.8. The molecule has 0 radical (unpaired) electrons. The second-order valence-corrected chi connectivity index (χ2v) is 11.4. The summed E-state index contributed by atoms with van der Waals surface area (Å²) in [6.45, 7) is 5.74. The summed E-state index contributed by atoms with van der Waals surface area (Å²) < 4.78 is 62.5. The third-order valence-electron chi connectivity index (χ3n) is 6.80. The molecular weight excluding hydrogens is 562 g/mol. The first kappa shape index (κ1) is 30.3. The summed E-state index contributed by atoms with van der Waals surface area (Å²) >= 11 is 1.67. The van der Waals surface area contributed by atoms with Gasteiger partial charge >= 0.3 is 10.4 Å². The van der Waals surface area contributed by atoms with E-state index in [-0.39, 0.29) is 0 Å². The number of hydrogen-bond acceptors (Lipinski definition) is 10. The van der Waals surface area contributed by atoms with E-state index in [0.29, 0.717) is 25.1 Å². The van der Waals surface area contributed by atoms with Gasteiger partial charge in [0.05, 0.1) is 51.8 Å². The van der Waals surface area contributed by atoms with Gasteiger partial charge in [0.25, 0.3) is 5.88 Å². The van der Waals surface area contributed by atoms with Crippen LogP contribution in [0.5, 0.6) is 17.4 Å². The fourth-order valence-corrected chi connectivity index (χ4v) is 5.84. The number of thiazole rings is 1. The zero-order chi connectivity index (χ0) is 28.9. The molecule has 1 saturated heterocycles. The lowest BCUT2D eigenvalue weighted by Gasteiger charge is -2.35. The van der Waals surface area contributed by atoms with Gasteiger partial charge in [0, 0.05) is 25.1 Å². The normalized spacial score (nSPS) is 17.3. The first-order valence-corrected chi connectivity index (χ1v) is 15.4. The van der Waals surface area contributed by atoms with Crippen molar-refractivity contribution in [2.24, 2.45) is 5.92 Å². The topological polar surface area (TPSA) is 141 Å². The summed E-state index contributed by atoms with van der Waals surface area (Å²) in [6.07, 6.45) is 4.77. The van der Waals surface area contributed by atoms with Crippen LogP contribution in [-0.4, -0.2) is 80.9 Å². The molecule has 2 N–H and O–H groups in total. The highest BCUT2D eigenvalue weighted by molar-refractivity contribution is 7.79. The molecule has 3 aromatic rings. The first-order chi connectivity index (χ1) is 19.2. The first-order valence-electron chi connectivity index (χ1n) is 13.1. The molecule has 1 aliphatic carbocycles. The molecule has 5 rings (SSSR count). The monoisotopic (exact) mass is 599 g/mol. The second kappa shape index (κ2) is 13.4. The fraction of sp³-hybridized carbons (Fsp3) is 0.577. The van der Waals surface area contributed by atoms with E-state index in [1.54, 1.807) is 32.7 Å². The molecule has 1 saturated carbocycles. The molecule has 1 aliphatic heterocycles. The average Bonchev–Trinajstić information content (AvgIpc) is 3.56. The maximum Gasteiger partial charge on any atom is 0.394 e. The Morgan fingerprint density at radius 2 is 1.80 bits per heavy atom. The molecule has 0 spiro atoms. The minimum Gasteiger partial charge on any atom is -0.496 e. The van der Waals surface area contributed by atoms with Crippen LogP contribution in [0, 0.1) is 5.92 Å². The van der Waals surface area contributed by atoms with E-state index < -0.39 is 10.4 Å². The minimum atomic E-state index is -4.67. The van der Waals surface area contributed by atoms with Gasteiger partial charge < -0.3 is 28.6 Å². The molecule has 14 heteroatoms. The van der Waals surface area contributed by atoms with E-state index in [9.17, 15) is 0 Å². The van der Waals surface area contributed by atoms with E-state index in [4.69, 9.17) is 46.3 Å². The van der Waals surface area contributed by atoms with Gasteiger partial charge in [0.1, 0.15) is 22.0 Å². The van der Waals surface area contributed by atoms with Gasteiger partial charge in [0.2, 0.25) is 0 Å². The number of methoxy groups -OCH3 is 3. The maximum atomic E-state index is 8.74. The van der Waals surface area contributed by atoms with Gasteiger partial charge in [-0.05, 0) is 56.2 Å². The van der Waals surface area contributed by atoms with Crippen LogP contribution < -0.4 is 19.1 Å². The predicted octanol–water partition coefficient (Wildman–Crippen LogP) is 4.37. The Bertz CT molecular complexity index is 1350. The van der Waals surface area contributed by atoms with Crippen molar-refractivity contribution >= 4 is 32.3 Å². The number of hydrogen-bond donors (Lipinski definition) is 2. The third-order valence-corrected chi connectivity index (χ3v) is 7.73. The number of ether oxygens (including phenoxy) is 5. The maximum absolute atomic E-state index is 8.74. The van der Waals surface area contributed by atoms with Gasteiger partial charge in [-0.2, -0.15) is 8.42 Å². The Labute approximate surface area is 238 Å². The molecule has 2 aliphatic rings. The molecule has 1 atom stereocenters. The largest absolute Gasteiger partial charge is 0.496 e. The summed E-state index contributed by atoms with van der Waals surface area (Å²) in [7, 11) is 0.398. The molecule has 2 fully saturated rings. The zero-order valence-electron chi connectivity index (χ0n) is 23.2. The summed E-state index contributed by atoms with van der Waals surface area (Å²) in [5.41, 5.74) is 3.85. The highest BCUT2D eigenvalue weighted by Gasteiger charge is 2.34. The van der Waals surface area contributed by atoms with E-state index >= 15 is 0 Å². The molecule has 0 amide bonds. The predicted molar refractivity (Wildman–Crippen MR) is 152 cm³/mol. The lowest BCUT2D eigenvalue weighted by molar-refractivity contribution is 0.0789. The molecule has 1 unspecified atom stereocenters. The third kappa shape index (κ3) is 7.36. The van der Waals surface area contributed by atoms with Crippen molar-refractivity contribution in [1.29, 1.82) is 0 Å². The van der Waals surface area contributed by atoms with Crippen molar-refractivity contribution in [2.45, 2.75) is 45.3 Å². The van der Waals surface area contributed by atoms with Crippen LogP contribution in [0.3, 0.4) is 0 Å². The molecule has 2 aromatic heterocycles. The van der Waals surface area contributed by atoms with Crippen molar-refractivity contribution in [3.63, 3.8) is 0 Å². The Kier molecular flexibility index (Phi) is 10.1. The molecule has 222 valence electrons. The molecule has 0 bridgehead atoms. The summed E-state index contributed by atoms with van der Waals surface area (Å²) in [5, 5.41) is 7.05. The smallest absolute Gasteiger partial charge is 0.394 e. The van der Waals surface area contributed by atoms with E-state index in [1.807, 2.05) is 23.6 Å². The van der Waals surface area contributed by atoms with Crippen molar-refractivity contribution in [1.82, 2.24) is 9.61 Å². The summed E-state index contributed by atoms with van der Waals surface area (Å²) in [4.78, 5) is 3.56. The lowest BCUT2D eigenvalue weighted by atomic mass is 10.1. The van der Waals surface area contributed by atoms with Gasteiger partial charge in [-0.15, -0.1) is 16.4 Å². The minimum absolute atomic E-state index is 0.332. The fourth-order valence-electron chi connectivity index (χ4n) is 4.85. The Morgan fingerprint density at radius 3 is 2.33 bits per heavy atom. The Morgan fingerprint density at radius 1 is 1.12 bits per heavy atom. The van der Waals surface area contributed by atoms with Crippen LogP contribution in [0.4, 0.5) is 5.69 Å². The highest BCUT2D eigenvalue weighted by atomic mass is 32.3. The van der Waals surface area contributed by atoms with Gasteiger partial charge in [-0.1, -0.05) is 0 Å². The summed E-state index contributed by atoms with van der Waals surface area (Å²) in [5.74, 6) is 2.83. The number of anilines is 1. The standard InChI is InChI=1S/C26H35N3O5S.H2O4S/c1-5-33-14-18-11-21(30-2)23(22(12-18)31-3)20-16-35-26-24(25(32-4)27-29(20)26)28(13-17-8-9-17)19-7-6-10-34-15-19;1-5(2,3)4/h11-12,16-17,19H,5-10,13-15H2,1-4H3;(H2,1,2,3,4). The number of rotatable bonds is 11. The van der Waals surface area contributed by atoms with Crippen molar-refractivity contribution in [3.05, 3.63) is 23.1 Å². The van der Waals surface area contributed by atoms with E-state index in [1.165, 1.54) is 12.8 Å². The van der Waals surface area contributed by atoms with Crippen LogP contribution in [0.15, 0.2) is 17.5 Å². The molecule has 3 heterocycles. The van der Waals surface area contributed by atoms with E-state index in [2.05, 4.69) is 10.3 Å². The molecular formula is C26H37N3O9S2. The van der Waals surface area contributed by atoms with Crippen molar-refractivity contribution < 1.29 is 41.2 Å². The van der Waals surface area contributed by atoms with Crippen LogP contribution in [-0.2, 0) is 26.5 Å². The van der Waals surface area contributed by atoms with Gasteiger partial charge in [0.15, 0.2) is 0 Å². The second-order valence-electron chi connectivity index (χ2n) is 9.62. The molecule has 40 heavy (non-hydrogen) atoms. The van der Waals surface area contributed by atoms with Crippen LogP contribution >= 0.6 is 11.3 Å². The number of aromatic nitrogens is 2. The van der Waals surface area contributed by atoms with Crippen molar-refractivity contribution in [3.8, 4) is 28.6 Å². The van der Waals surface area contributed by atoms with Gasteiger partial charge in [-0.25, -0.2) is 4.52 Å². The number of fused-ring (bicyclic) bond motifs is 1. The highest BCUT2D eigenvalue weighted by Crippen LogP contribution is 2.46. The quantitative estimate of drug-likeness (QED) is 0.304. The van der Waals surface area contributed by atoms with Crippen molar-refractivity contribution in [2.75, 3.05) is 52.6 Å². The van der Waals surface area contributed by atoms with Crippen LogP contribution in [0.25, 0.3) is 16.1 Å². The van der Waals surface area contributed by atoms with Crippen LogP contribution in [0.2, 0.25) is 0 Å². The van der Waals surface area contributed by atoms with E-state index in [0.717, 1.165) is 77.4 Å². The lowest BCUT2D eigenvalue weighted by Crippen LogP contribution is -2.42. The summed E-state index contributed by atoms with van der Waals surface area (Å²) in [6, 6.07) is 4.35. The van der Waals surface area contributed by atoms with Crippen LogP contribution in [0.1, 0.15) is 38.2 Å². The molecule has 12 nitrogen and oxygen atoms in total.